The minimum atomic E-state index is -0.845. The molecule has 0 saturated heterocycles. The molecule has 4 nitrogen and oxygen atoms in total. The van der Waals surface area contributed by atoms with Crippen molar-refractivity contribution < 1.29 is 9.90 Å². The molecule has 4 heteroatoms. The number of carboxylic acids is 1. The van der Waals surface area contributed by atoms with Gasteiger partial charge in [-0.3, -0.25) is 0 Å². The molecule has 0 amide bonds. The number of rotatable bonds is 2. The van der Waals surface area contributed by atoms with E-state index in [1.54, 1.807) is 0 Å². The first-order valence-electron chi connectivity index (χ1n) is 4.40. The highest BCUT2D eigenvalue weighted by Gasteiger charge is 2.33. The fourth-order valence-corrected chi connectivity index (χ4v) is 1.91. The Balaban J connectivity index is 3.01. The monoisotopic (exact) mass is 184 g/mol. The molecule has 0 aromatic carbocycles. The molecule has 0 aliphatic carbocycles. The molecule has 1 aliphatic heterocycles. The van der Waals surface area contributed by atoms with Gasteiger partial charge < -0.3 is 14.9 Å². The van der Waals surface area contributed by atoms with E-state index in [0.29, 0.717) is 5.70 Å². The summed E-state index contributed by atoms with van der Waals surface area (Å²) in [5.74, 6) is -0.845. The zero-order valence-corrected chi connectivity index (χ0v) is 8.53. The molecule has 0 aromatic heterocycles. The molecule has 0 fully saturated rings. The average Bonchev–Trinajstić information content (AvgIpc) is 2.24. The number of nitrogens with zero attached hydrogens (tertiary/aromatic N) is 2. The summed E-state index contributed by atoms with van der Waals surface area (Å²) in [6, 6.07) is 0. The molecule has 0 saturated carbocycles. The second-order valence-corrected chi connectivity index (χ2v) is 3.35. The fraction of sp³-hybridized carbons (Fsp3) is 0.667. The molecule has 1 aliphatic rings. The Morgan fingerprint density at radius 2 is 2.00 bits per heavy atom. The molecule has 1 atom stereocenters. The molecule has 1 rings (SSSR count). The standard InChI is InChI=1S/C9H16N2O2/c1-5-7-10(3)6(2)8(9(12)13)11(7)4/h7H,5H2,1-4H3,(H,12,13). The van der Waals surface area contributed by atoms with Crippen LogP contribution >= 0.6 is 0 Å². The topological polar surface area (TPSA) is 43.8 Å². The van der Waals surface area contributed by atoms with Crippen molar-refractivity contribution in [1.29, 1.82) is 0 Å². The third kappa shape index (κ3) is 1.36. The van der Waals surface area contributed by atoms with Crippen LogP contribution in [-0.4, -0.2) is 41.1 Å². The zero-order valence-electron chi connectivity index (χ0n) is 8.53. The van der Waals surface area contributed by atoms with E-state index in [-0.39, 0.29) is 6.17 Å². The molecule has 1 heterocycles. The molecule has 0 bridgehead atoms. The molecule has 1 unspecified atom stereocenters. The number of hydrogen-bond acceptors (Lipinski definition) is 3. The van der Waals surface area contributed by atoms with Crippen LogP contribution < -0.4 is 0 Å². The summed E-state index contributed by atoms with van der Waals surface area (Å²) >= 11 is 0. The van der Waals surface area contributed by atoms with Crippen LogP contribution in [0.1, 0.15) is 20.3 Å². The van der Waals surface area contributed by atoms with Crippen molar-refractivity contribution >= 4 is 5.97 Å². The summed E-state index contributed by atoms with van der Waals surface area (Å²) in [7, 11) is 3.75. The first-order chi connectivity index (χ1) is 6.00. The zero-order chi connectivity index (χ0) is 10.2. The van der Waals surface area contributed by atoms with E-state index in [2.05, 4.69) is 6.92 Å². The highest BCUT2D eigenvalue weighted by Crippen LogP contribution is 2.27. The van der Waals surface area contributed by atoms with Crippen molar-refractivity contribution in [2.75, 3.05) is 14.1 Å². The maximum atomic E-state index is 10.9. The summed E-state index contributed by atoms with van der Waals surface area (Å²) in [6.45, 7) is 3.89. The Morgan fingerprint density at radius 3 is 2.23 bits per heavy atom. The first kappa shape index (κ1) is 9.89. The van der Waals surface area contributed by atoms with Gasteiger partial charge in [-0.25, -0.2) is 4.79 Å². The van der Waals surface area contributed by atoms with Crippen molar-refractivity contribution in [2.45, 2.75) is 26.4 Å². The van der Waals surface area contributed by atoms with Crippen LogP contribution in [0.15, 0.2) is 11.4 Å². The predicted molar refractivity (Wildman–Crippen MR) is 49.9 cm³/mol. The van der Waals surface area contributed by atoms with Gasteiger partial charge in [0.15, 0.2) is 0 Å². The van der Waals surface area contributed by atoms with E-state index >= 15 is 0 Å². The lowest BCUT2D eigenvalue weighted by atomic mass is 10.3. The summed E-state index contributed by atoms with van der Waals surface area (Å²) in [4.78, 5) is 14.7. The Hall–Kier alpha value is -1.19. The molecule has 1 N–H and O–H groups in total. The summed E-state index contributed by atoms with van der Waals surface area (Å²) < 4.78 is 0. The summed E-state index contributed by atoms with van der Waals surface area (Å²) in [5.41, 5.74) is 1.25. The highest BCUT2D eigenvalue weighted by atomic mass is 16.4. The predicted octanol–water partition coefficient (Wildman–Crippen LogP) is 0.916. The van der Waals surface area contributed by atoms with Crippen molar-refractivity contribution in [1.82, 2.24) is 9.80 Å². The largest absolute Gasteiger partial charge is 0.477 e. The van der Waals surface area contributed by atoms with E-state index in [1.165, 1.54) is 0 Å². The van der Waals surface area contributed by atoms with Gasteiger partial charge in [0.25, 0.3) is 0 Å². The van der Waals surface area contributed by atoms with Crippen LogP contribution in [0.25, 0.3) is 0 Å². The van der Waals surface area contributed by atoms with Gasteiger partial charge in [-0.15, -0.1) is 0 Å². The second-order valence-electron chi connectivity index (χ2n) is 3.35. The molecule has 13 heavy (non-hydrogen) atoms. The number of carboxylic acid groups (broad SMARTS) is 1. The SMILES string of the molecule is CCC1N(C)C(C)=C(C(=O)O)N1C. The molecule has 74 valence electrons. The number of hydrogen-bond donors (Lipinski definition) is 1. The van der Waals surface area contributed by atoms with Gasteiger partial charge >= 0.3 is 5.97 Å². The van der Waals surface area contributed by atoms with E-state index in [1.807, 2.05) is 30.8 Å². The maximum absolute atomic E-state index is 10.9. The molecule has 0 aromatic rings. The van der Waals surface area contributed by atoms with E-state index in [4.69, 9.17) is 5.11 Å². The minimum Gasteiger partial charge on any atom is -0.477 e. The van der Waals surface area contributed by atoms with Gasteiger partial charge in [-0.2, -0.15) is 0 Å². The van der Waals surface area contributed by atoms with Gasteiger partial charge in [0.1, 0.15) is 11.9 Å². The van der Waals surface area contributed by atoms with Crippen LogP contribution in [-0.2, 0) is 4.79 Å². The first-order valence-corrected chi connectivity index (χ1v) is 4.40. The van der Waals surface area contributed by atoms with Crippen molar-refractivity contribution in [2.24, 2.45) is 0 Å². The van der Waals surface area contributed by atoms with Gasteiger partial charge in [-0.1, -0.05) is 6.92 Å². The third-order valence-electron chi connectivity index (χ3n) is 2.69. The molecule has 0 radical (unpaired) electrons. The second kappa shape index (κ2) is 3.28. The van der Waals surface area contributed by atoms with Crippen molar-refractivity contribution in [3.05, 3.63) is 11.4 Å². The van der Waals surface area contributed by atoms with E-state index in [0.717, 1.165) is 12.1 Å². The third-order valence-corrected chi connectivity index (χ3v) is 2.69. The Labute approximate surface area is 78.4 Å². The summed E-state index contributed by atoms with van der Waals surface area (Å²) in [5, 5.41) is 8.96. The number of likely N-dealkylation sites (N-methyl/N-ethyl adjacent to an activating group) is 1. The van der Waals surface area contributed by atoms with Crippen molar-refractivity contribution in [3.8, 4) is 0 Å². The lowest BCUT2D eigenvalue weighted by Crippen LogP contribution is -2.36. The summed E-state index contributed by atoms with van der Waals surface area (Å²) in [6.07, 6.45) is 1.10. The van der Waals surface area contributed by atoms with Gasteiger partial charge in [0.2, 0.25) is 0 Å². The van der Waals surface area contributed by atoms with Crippen LogP contribution in [0.2, 0.25) is 0 Å². The number of carbonyl (C=O) groups is 1. The lowest BCUT2D eigenvalue weighted by molar-refractivity contribution is -0.134. The quantitative estimate of drug-likeness (QED) is 0.693. The minimum absolute atomic E-state index is 0.186. The Kier molecular flexibility index (Phi) is 2.50. The maximum Gasteiger partial charge on any atom is 0.354 e. The van der Waals surface area contributed by atoms with E-state index in [9.17, 15) is 4.79 Å². The van der Waals surface area contributed by atoms with Crippen LogP contribution in [0.3, 0.4) is 0 Å². The molecular formula is C9H16N2O2. The highest BCUT2D eigenvalue weighted by molar-refractivity contribution is 5.87. The van der Waals surface area contributed by atoms with E-state index < -0.39 is 5.97 Å². The smallest absolute Gasteiger partial charge is 0.354 e. The van der Waals surface area contributed by atoms with Crippen LogP contribution in [0.5, 0.6) is 0 Å². The number of aliphatic carboxylic acids is 1. The molecular weight excluding hydrogens is 168 g/mol. The lowest BCUT2D eigenvalue weighted by Gasteiger charge is -2.27. The normalized spacial score (nSPS) is 22.9. The number of allylic oxidation sites excluding steroid dienone is 1. The van der Waals surface area contributed by atoms with Crippen LogP contribution in [0.4, 0.5) is 0 Å². The average molecular weight is 184 g/mol. The van der Waals surface area contributed by atoms with Crippen LogP contribution in [0, 0.1) is 0 Å². The Morgan fingerprint density at radius 1 is 1.46 bits per heavy atom. The van der Waals surface area contributed by atoms with Gasteiger partial charge in [0, 0.05) is 19.8 Å². The van der Waals surface area contributed by atoms with Gasteiger partial charge in [0.05, 0.1) is 0 Å². The Bertz CT molecular complexity index is 260. The van der Waals surface area contributed by atoms with Crippen molar-refractivity contribution in [3.63, 3.8) is 0 Å². The van der Waals surface area contributed by atoms with Gasteiger partial charge in [-0.05, 0) is 13.3 Å². The molecule has 0 spiro atoms. The fourth-order valence-electron chi connectivity index (χ4n) is 1.91.